The molecule has 1 rings (SSSR count). The van der Waals surface area contributed by atoms with Crippen molar-refractivity contribution in [2.24, 2.45) is 0 Å². The standard InChI is InChI=1S/C10H13N3O3/c1-11-9(15)3-5-13-10(16)7-6-12-4-2-8(7)14/h2,4,6H,3,5H2,1H3,(H,11,15)(H,12,14)(H,13,16). The molecule has 0 aromatic carbocycles. The van der Waals surface area contributed by atoms with Crippen LogP contribution in [0.15, 0.2) is 23.3 Å². The van der Waals surface area contributed by atoms with E-state index in [2.05, 4.69) is 15.6 Å². The van der Waals surface area contributed by atoms with E-state index in [0.717, 1.165) is 0 Å². The highest BCUT2D eigenvalue weighted by Crippen LogP contribution is 1.88. The zero-order valence-electron chi connectivity index (χ0n) is 8.87. The first-order valence-electron chi connectivity index (χ1n) is 4.81. The lowest BCUT2D eigenvalue weighted by Crippen LogP contribution is -2.31. The summed E-state index contributed by atoms with van der Waals surface area (Å²) in [4.78, 5) is 36.2. The van der Waals surface area contributed by atoms with Gasteiger partial charge in [-0.1, -0.05) is 0 Å². The molecule has 86 valence electrons. The van der Waals surface area contributed by atoms with Crippen LogP contribution in [0, 0.1) is 0 Å². The molecule has 2 amide bonds. The predicted molar refractivity (Wildman–Crippen MR) is 58.1 cm³/mol. The van der Waals surface area contributed by atoms with Gasteiger partial charge in [0.1, 0.15) is 5.56 Å². The summed E-state index contributed by atoms with van der Waals surface area (Å²) in [6.07, 6.45) is 2.97. The summed E-state index contributed by atoms with van der Waals surface area (Å²) >= 11 is 0. The number of hydrogen-bond acceptors (Lipinski definition) is 3. The smallest absolute Gasteiger partial charge is 0.256 e. The summed E-state index contributed by atoms with van der Waals surface area (Å²) in [7, 11) is 1.52. The lowest BCUT2D eigenvalue weighted by Gasteiger charge is -2.03. The molecule has 0 aliphatic heterocycles. The first-order chi connectivity index (χ1) is 7.65. The Hall–Kier alpha value is -2.11. The van der Waals surface area contributed by atoms with Crippen LogP contribution in [0.5, 0.6) is 0 Å². The molecule has 0 aliphatic rings. The minimum atomic E-state index is -0.481. The first-order valence-corrected chi connectivity index (χ1v) is 4.81. The second-order valence-electron chi connectivity index (χ2n) is 3.10. The predicted octanol–water partition coefficient (Wildman–Crippen LogP) is -0.759. The van der Waals surface area contributed by atoms with E-state index >= 15 is 0 Å². The van der Waals surface area contributed by atoms with Crippen LogP contribution in [-0.2, 0) is 4.79 Å². The molecule has 0 unspecified atom stereocenters. The molecule has 0 radical (unpaired) electrons. The van der Waals surface area contributed by atoms with Gasteiger partial charge in [0.25, 0.3) is 5.91 Å². The Morgan fingerprint density at radius 3 is 2.81 bits per heavy atom. The van der Waals surface area contributed by atoms with E-state index in [9.17, 15) is 14.4 Å². The van der Waals surface area contributed by atoms with Crippen molar-refractivity contribution in [3.63, 3.8) is 0 Å². The van der Waals surface area contributed by atoms with Gasteiger partial charge in [0, 0.05) is 38.5 Å². The zero-order chi connectivity index (χ0) is 12.0. The van der Waals surface area contributed by atoms with E-state index in [1.807, 2.05) is 0 Å². The first kappa shape index (κ1) is 12.0. The summed E-state index contributed by atoms with van der Waals surface area (Å²) in [6, 6.07) is 1.27. The lowest BCUT2D eigenvalue weighted by atomic mass is 10.2. The fourth-order valence-electron chi connectivity index (χ4n) is 1.10. The van der Waals surface area contributed by atoms with Crippen molar-refractivity contribution in [3.8, 4) is 0 Å². The molecule has 0 atom stereocenters. The van der Waals surface area contributed by atoms with Gasteiger partial charge in [-0.3, -0.25) is 14.4 Å². The molecule has 0 saturated carbocycles. The largest absolute Gasteiger partial charge is 0.367 e. The number of carbonyl (C=O) groups is 2. The van der Waals surface area contributed by atoms with Gasteiger partial charge in [-0.25, -0.2) is 0 Å². The van der Waals surface area contributed by atoms with Crippen molar-refractivity contribution in [3.05, 3.63) is 34.2 Å². The minimum absolute atomic E-state index is 0.0411. The normalized spacial score (nSPS) is 9.56. The van der Waals surface area contributed by atoms with Gasteiger partial charge >= 0.3 is 0 Å². The lowest BCUT2D eigenvalue weighted by molar-refractivity contribution is -0.120. The van der Waals surface area contributed by atoms with Gasteiger partial charge in [-0.2, -0.15) is 0 Å². The number of H-pyrrole nitrogens is 1. The average molecular weight is 223 g/mol. The Kier molecular flexibility index (Phi) is 4.26. The van der Waals surface area contributed by atoms with E-state index in [1.165, 1.54) is 25.5 Å². The third kappa shape index (κ3) is 3.23. The van der Waals surface area contributed by atoms with E-state index < -0.39 is 5.91 Å². The van der Waals surface area contributed by atoms with Crippen molar-refractivity contribution >= 4 is 11.8 Å². The molecule has 16 heavy (non-hydrogen) atoms. The Balaban J connectivity index is 2.51. The van der Waals surface area contributed by atoms with Crippen molar-refractivity contribution in [1.82, 2.24) is 15.6 Å². The van der Waals surface area contributed by atoms with Crippen LogP contribution in [0.3, 0.4) is 0 Å². The van der Waals surface area contributed by atoms with Crippen molar-refractivity contribution < 1.29 is 9.59 Å². The number of rotatable bonds is 4. The third-order valence-electron chi connectivity index (χ3n) is 1.99. The molecular weight excluding hydrogens is 210 g/mol. The molecule has 0 aliphatic carbocycles. The number of nitrogens with one attached hydrogen (secondary N) is 3. The quantitative estimate of drug-likeness (QED) is 0.626. The van der Waals surface area contributed by atoms with Gasteiger partial charge < -0.3 is 15.6 Å². The second-order valence-corrected chi connectivity index (χ2v) is 3.10. The minimum Gasteiger partial charge on any atom is -0.367 e. The summed E-state index contributed by atoms with van der Waals surface area (Å²) in [5.74, 6) is -0.645. The average Bonchev–Trinajstić information content (AvgIpc) is 2.29. The fraction of sp³-hybridized carbons (Fsp3) is 0.300. The molecule has 6 heteroatoms. The molecule has 1 heterocycles. The number of hydrogen-bond donors (Lipinski definition) is 3. The number of pyridine rings is 1. The number of aromatic nitrogens is 1. The highest BCUT2D eigenvalue weighted by atomic mass is 16.2. The van der Waals surface area contributed by atoms with Gasteiger partial charge in [0.05, 0.1) is 0 Å². The van der Waals surface area contributed by atoms with Crippen molar-refractivity contribution in [1.29, 1.82) is 0 Å². The summed E-state index contributed by atoms with van der Waals surface area (Å²) in [5.41, 5.74) is -0.310. The Labute approximate surface area is 92.1 Å². The summed E-state index contributed by atoms with van der Waals surface area (Å²) < 4.78 is 0. The van der Waals surface area contributed by atoms with E-state index in [0.29, 0.717) is 0 Å². The Morgan fingerprint density at radius 1 is 1.44 bits per heavy atom. The topological polar surface area (TPSA) is 91.1 Å². The zero-order valence-corrected chi connectivity index (χ0v) is 8.87. The van der Waals surface area contributed by atoms with Crippen LogP contribution in [0.2, 0.25) is 0 Å². The van der Waals surface area contributed by atoms with Crippen LogP contribution in [-0.4, -0.2) is 30.4 Å². The highest BCUT2D eigenvalue weighted by Gasteiger charge is 2.08. The SMILES string of the molecule is CNC(=O)CCNC(=O)c1c[nH]ccc1=O. The van der Waals surface area contributed by atoms with Crippen LogP contribution < -0.4 is 16.1 Å². The van der Waals surface area contributed by atoms with Gasteiger partial charge in [0.15, 0.2) is 5.43 Å². The van der Waals surface area contributed by atoms with E-state index in [1.54, 1.807) is 0 Å². The number of aromatic amines is 1. The maximum Gasteiger partial charge on any atom is 0.256 e. The highest BCUT2D eigenvalue weighted by molar-refractivity contribution is 5.93. The van der Waals surface area contributed by atoms with E-state index in [-0.39, 0.29) is 29.9 Å². The maximum absolute atomic E-state index is 11.5. The van der Waals surface area contributed by atoms with Crippen LogP contribution >= 0.6 is 0 Å². The summed E-state index contributed by atoms with van der Waals surface area (Å²) in [6.45, 7) is 0.201. The molecule has 3 N–H and O–H groups in total. The Bertz CT molecular complexity index is 439. The van der Waals surface area contributed by atoms with Crippen LogP contribution in [0.1, 0.15) is 16.8 Å². The van der Waals surface area contributed by atoms with Gasteiger partial charge in [0.2, 0.25) is 5.91 Å². The van der Waals surface area contributed by atoms with Crippen LogP contribution in [0.25, 0.3) is 0 Å². The molecule has 0 bridgehead atoms. The van der Waals surface area contributed by atoms with Crippen molar-refractivity contribution in [2.45, 2.75) is 6.42 Å². The maximum atomic E-state index is 11.5. The van der Waals surface area contributed by atoms with Gasteiger partial charge in [-0.05, 0) is 0 Å². The number of amides is 2. The molecule has 1 aromatic rings. The molecule has 0 spiro atoms. The van der Waals surface area contributed by atoms with E-state index in [4.69, 9.17) is 0 Å². The second kappa shape index (κ2) is 5.69. The molecule has 0 saturated heterocycles. The third-order valence-corrected chi connectivity index (χ3v) is 1.99. The molecule has 0 fully saturated rings. The van der Waals surface area contributed by atoms with Crippen molar-refractivity contribution in [2.75, 3.05) is 13.6 Å². The Morgan fingerprint density at radius 2 is 2.19 bits per heavy atom. The number of carbonyl (C=O) groups excluding carboxylic acids is 2. The fourth-order valence-corrected chi connectivity index (χ4v) is 1.10. The van der Waals surface area contributed by atoms with Crippen LogP contribution in [0.4, 0.5) is 0 Å². The van der Waals surface area contributed by atoms with Gasteiger partial charge in [-0.15, -0.1) is 0 Å². The molecule has 6 nitrogen and oxygen atoms in total. The molecular formula is C10H13N3O3. The summed E-state index contributed by atoms with van der Waals surface area (Å²) in [5, 5.41) is 4.92. The monoisotopic (exact) mass is 223 g/mol. The molecule has 1 aromatic heterocycles.